The zero-order valence-corrected chi connectivity index (χ0v) is 13.2. The fraction of sp³-hybridized carbons (Fsp3) is 0.308. The molecule has 0 atom stereocenters. The Kier molecular flexibility index (Phi) is 4.45. The summed E-state index contributed by atoms with van der Waals surface area (Å²) in [5.41, 5.74) is -0.105. The third-order valence-electron chi connectivity index (χ3n) is 2.87. The number of hydrogen-bond acceptors (Lipinski definition) is 6. The van der Waals surface area contributed by atoms with Crippen molar-refractivity contribution in [3.8, 4) is 0 Å². The van der Waals surface area contributed by atoms with Gasteiger partial charge in [0.25, 0.3) is 10.0 Å². The third-order valence-corrected chi connectivity index (χ3v) is 4.57. The SMILES string of the molecule is CCOC(=O)c1cn(C)nc1S(=O)(=O)N(C)c1ccccn1. The van der Waals surface area contributed by atoms with E-state index in [0.29, 0.717) is 0 Å². The summed E-state index contributed by atoms with van der Waals surface area (Å²) >= 11 is 0. The minimum absolute atomic E-state index is 0.105. The quantitative estimate of drug-likeness (QED) is 0.756. The van der Waals surface area contributed by atoms with E-state index in [2.05, 4.69) is 10.1 Å². The second-order valence-electron chi connectivity index (χ2n) is 4.40. The largest absolute Gasteiger partial charge is 0.462 e. The van der Waals surface area contributed by atoms with Gasteiger partial charge in [-0.05, 0) is 19.1 Å². The first kappa shape index (κ1) is 16.0. The highest BCUT2D eigenvalue weighted by atomic mass is 32.2. The molecule has 0 spiro atoms. The fourth-order valence-electron chi connectivity index (χ4n) is 1.80. The average Bonchev–Trinajstić information content (AvgIpc) is 2.90. The number of hydrogen-bond donors (Lipinski definition) is 0. The van der Waals surface area contributed by atoms with Crippen LogP contribution < -0.4 is 4.31 Å². The van der Waals surface area contributed by atoms with Gasteiger partial charge in [0, 0.05) is 26.5 Å². The number of anilines is 1. The van der Waals surface area contributed by atoms with Crippen LogP contribution in [0.25, 0.3) is 0 Å². The summed E-state index contributed by atoms with van der Waals surface area (Å²) in [4.78, 5) is 15.9. The van der Waals surface area contributed by atoms with E-state index in [1.165, 1.54) is 31.2 Å². The Morgan fingerprint density at radius 2 is 2.14 bits per heavy atom. The second kappa shape index (κ2) is 6.14. The zero-order valence-electron chi connectivity index (χ0n) is 12.4. The van der Waals surface area contributed by atoms with E-state index < -0.39 is 16.0 Å². The molecule has 0 aliphatic carbocycles. The van der Waals surface area contributed by atoms with Gasteiger partial charge in [0.1, 0.15) is 11.4 Å². The molecule has 0 unspecified atom stereocenters. The summed E-state index contributed by atoms with van der Waals surface area (Å²) in [5, 5.41) is 3.53. The predicted molar refractivity (Wildman–Crippen MR) is 79.0 cm³/mol. The van der Waals surface area contributed by atoms with Crippen molar-refractivity contribution < 1.29 is 17.9 Å². The van der Waals surface area contributed by atoms with E-state index in [1.807, 2.05) is 0 Å². The van der Waals surface area contributed by atoms with Crippen LogP contribution in [0.4, 0.5) is 5.82 Å². The molecule has 2 aromatic heterocycles. The number of carbonyl (C=O) groups is 1. The molecule has 0 N–H and O–H groups in total. The van der Waals surface area contributed by atoms with Crippen molar-refractivity contribution in [3.05, 3.63) is 36.2 Å². The van der Waals surface area contributed by atoms with Crippen molar-refractivity contribution in [2.75, 3.05) is 18.0 Å². The summed E-state index contributed by atoms with van der Waals surface area (Å²) in [7, 11) is -1.15. The van der Waals surface area contributed by atoms with Gasteiger partial charge < -0.3 is 4.74 Å². The lowest BCUT2D eigenvalue weighted by molar-refractivity contribution is 0.0521. The normalized spacial score (nSPS) is 11.2. The number of nitrogens with zero attached hydrogens (tertiary/aromatic N) is 4. The minimum Gasteiger partial charge on any atom is -0.462 e. The van der Waals surface area contributed by atoms with Gasteiger partial charge in [0.15, 0.2) is 0 Å². The molecule has 0 bridgehead atoms. The molecule has 0 radical (unpaired) electrons. The number of sulfonamides is 1. The van der Waals surface area contributed by atoms with Crippen molar-refractivity contribution >= 4 is 21.8 Å². The second-order valence-corrected chi connectivity index (χ2v) is 6.29. The number of esters is 1. The summed E-state index contributed by atoms with van der Waals surface area (Å²) in [6, 6.07) is 4.89. The number of aromatic nitrogens is 3. The highest BCUT2D eigenvalue weighted by molar-refractivity contribution is 7.92. The maximum Gasteiger partial charge on any atom is 0.342 e. The highest BCUT2D eigenvalue weighted by Gasteiger charge is 2.31. The van der Waals surface area contributed by atoms with Gasteiger partial charge in [-0.15, -0.1) is 0 Å². The van der Waals surface area contributed by atoms with Gasteiger partial charge in [0.2, 0.25) is 5.03 Å². The Balaban J connectivity index is 2.48. The molecule has 8 nitrogen and oxygen atoms in total. The molecule has 9 heteroatoms. The van der Waals surface area contributed by atoms with Crippen LogP contribution in [0.5, 0.6) is 0 Å². The maximum absolute atomic E-state index is 12.7. The summed E-state index contributed by atoms with van der Waals surface area (Å²) < 4.78 is 32.5. The first-order valence-electron chi connectivity index (χ1n) is 6.48. The molecule has 2 rings (SSSR count). The van der Waals surface area contributed by atoms with Crippen molar-refractivity contribution in [2.45, 2.75) is 11.9 Å². The minimum atomic E-state index is -4.03. The molecule has 0 aliphatic heterocycles. The van der Waals surface area contributed by atoms with Crippen LogP contribution in [0, 0.1) is 0 Å². The molecule has 2 aromatic rings. The standard InChI is InChI=1S/C13H16N4O4S/c1-4-21-13(18)10-9-16(2)15-12(10)22(19,20)17(3)11-7-5-6-8-14-11/h5-9H,4H2,1-3H3. The van der Waals surface area contributed by atoms with Crippen molar-refractivity contribution in [2.24, 2.45) is 7.05 Å². The molecule has 0 saturated heterocycles. The summed E-state index contributed by atoms with van der Waals surface area (Å²) in [5.74, 6) is -0.508. The Morgan fingerprint density at radius 3 is 2.73 bits per heavy atom. The Hall–Kier alpha value is -2.42. The molecule has 0 fully saturated rings. The third kappa shape index (κ3) is 2.93. The van der Waals surface area contributed by atoms with Gasteiger partial charge >= 0.3 is 5.97 Å². The predicted octanol–water partition coefficient (Wildman–Crippen LogP) is 0.817. The smallest absolute Gasteiger partial charge is 0.342 e. The van der Waals surface area contributed by atoms with Crippen LogP contribution in [0.3, 0.4) is 0 Å². The molecule has 2 heterocycles. The lowest BCUT2D eigenvalue weighted by Crippen LogP contribution is -2.29. The molecule has 0 amide bonds. The van der Waals surface area contributed by atoms with Crippen LogP contribution in [-0.2, 0) is 21.8 Å². The number of aryl methyl sites for hydroxylation is 1. The zero-order chi connectivity index (χ0) is 16.3. The Bertz CT molecular complexity index is 771. The first-order valence-corrected chi connectivity index (χ1v) is 7.92. The van der Waals surface area contributed by atoms with Gasteiger partial charge in [-0.1, -0.05) is 6.07 Å². The van der Waals surface area contributed by atoms with Gasteiger partial charge in [0.05, 0.1) is 6.61 Å². The van der Waals surface area contributed by atoms with E-state index >= 15 is 0 Å². The summed E-state index contributed by atoms with van der Waals surface area (Å²) in [6.45, 7) is 1.78. The molecular weight excluding hydrogens is 308 g/mol. The first-order chi connectivity index (χ1) is 10.4. The van der Waals surface area contributed by atoms with E-state index in [0.717, 1.165) is 4.31 Å². The topological polar surface area (TPSA) is 94.4 Å². The molecule has 22 heavy (non-hydrogen) atoms. The molecule has 118 valence electrons. The van der Waals surface area contributed by atoms with Crippen molar-refractivity contribution in [3.63, 3.8) is 0 Å². The van der Waals surface area contributed by atoms with Crippen LogP contribution in [0.2, 0.25) is 0 Å². The van der Waals surface area contributed by atoms with E-state index in [4.69, 9.17) is 4.74 Å². The number of pyridine rings is 1. The Labute approximate surface area is 128 Å². The Morgan fingerprint density at radius 1 is 1.41 bits per heavy atom. The number of ether oxygens (including phenoxy) is 1. The van der Waals surface area contributed by atoms with Crippen molar-refractivity contribution in [1.82, 2.24) is 14.8 Å². The fourth-order valence-corrected chi connectivity index (χ4v) is 3.06. The van der Waals surface area contributed by atoms with Gasteiger partial charge in [-0.3, -0.25) is 8.99 Å². The monoisotopic (exact) mass is 324 g/mol. The lowest BCUT2D eigenvalue weighted by Gasteiger charge is -2.17. The molecule has 0 saturated carbocycles. The van der Waals surface area contributed by atoms with Crippen LogP contribution in [0.1, 0.15) is 17.3 Å². The number of rotatable bonds is 5. The summed E-state index contributed by atoms with van der Waals surface area (Å²) in [6.07, 6.45) is 2.79. The van der Waals surface area contributed by atoms with Crippen molar-refractivity contribution in [1.29, 1.82) is 0 Å². The van der Waals surface area contributed by atoms with Crippen LogP contribution in [-0.4, -0.2) is 42.8 Å². The average molecular weight is 324 g/mol. The highest BCUT2D eigenvalue weighted by Crippen LogP contribution is 2.22. The molecule has 0 aromatic carbocycles. The van der Waals surface area contributed by atoms with Gasteiger partial charge in [-0.25, -0.2) is 9.78 Å². The molecular formula is C13H16N4O4S. The van der Waals surface area contributed by atoms with Crippen LogP contribution in [0.15, 0.2) is 35.6 Å². The van der Waals surface area contributed by atoms with Gasteiger partial charge in [-0.2, -0.15) is 13.5 Å². The van der Waals surface area contributed by atoms with E-state index in [9.17, 15) is 13.2 Å². The van der Waals surface area contributed by atoms with E-state index in [-0.39, 0.29) is 23.0 Å². The van der Waals surface area contributed by atoms with Crippen LogP contribution >= 0.6 is 0 Å². The maximum atomic E-state index is 12.7. The number of carbonyl (C=O) groups excluding carboxylic acids is 1. The lowest BCUT2D eigenvalue weighted by atomic mass is 10.4. The molecule has 0 aliphatic rings. The van der Waals surface area contributed by atoms with E-state index in [1.54, 1.807) is 25.1 Å².